The smallest absolute Gasteiger partial charge is 0.238 e. The summed E-state index contributed by atoms with van der Waals surface area (Å²) in [4.78, 5) is 4.15. The van der Waals surface area contributed by atoms with E-state index in [0.29, 0.717) is 5.82 Å². The number of hydrogen-bond acceptors (Lipinski definition) is 6. The van der Waals surface area contributed by atoms with Crippen LogP contribution in [0.25, 0.3) is 11.4 Å². The first-order valence-electron chi connectivity index (χ1n) is 9.74. The molecule has 0 amide bonds. The predicted molar refractivity (Wildman–Crippen MR) is 111 cm³/mol. The van der Waals surface area contributed by atoms with Gasteiger partial charge in [-0.15, -0.1) is 10.2 Å². The number of aromatic nitrogens is 4. The van der Waals surface area contributed by atoms with Crippen molar-refractivity contribution in [1.29, 1.82) is 0 Å². The van der Waals surface area contributed by atoms with E-state index in [-0.39, 0.29) is 4.90 Å². The Morgan fingerprint density at radius 2 is 1.79 bits per heavy atom. The number of fused-ring (bicyclic) bond motifs is 1. The lowest BCUT2D eigenvalue weighted by Gasteiger charge is -2.19. The van der Waals surface area contributed by atoms with Crippen LogP contribution in [0.4, 0.5) is 5.69 Å². The molecule has 0 spiro atoms. The molecule has 0 fully saturated rings. The van der Waals surface area contributed by atoms with Crippen molar-refractivity contribution < 1.29 is 8.42 Å². The minimum absolute atomic E-state index is 0.188. The molecule has 8 nitrogen and oxygen atoms in total. The number of hydrogen-bond donors (Lipinski definition) is 1. The van der Waals surface area contributed by atoms with E-state index in [0.717, 1.165) is 62.1 Å². The van der Waals surface area contributed by atoms with Gasteiger partial charge in [0, 0.05) is 24.3 Å². The molecule has 0 atom stereocenters. The van der Waals surface area contributed by atoms with Crippen molar-refractivity contribution in [2.75, 3.05) is 18.0 Å². The number of unbranched alkanes of at least 4 members (excludes halogenated alkanes) is 2. The fraction of sp³-hybridized carbons (Fsp3) is 0.350. The number of sulfonamides is 1. The Morgan fingerprint density at radius 1 is 1.00 bits per heavy atom. The van der Waals surface area contributed by atoms with Gasteiger partial charge in [-0.3, -0.25) is 0 Å². The molecular weight excluding hydrogens is 388 g/mol. The molecular formula is C20H24N6O2S. The van der Waals surface area contributed by atoms with Gasteiger partial charge in [0.1, 0.15) is 0 Å². The first-order chi connectivity index (χ1) is 14.0. The van der Waals surface area contributed by atoms with E-state index >= 15 is 0 Å². The summed E-state index contributed by atoms with van der Waals surface area (Å²) in [7, 11) is -3.65. The summed E-state index contributed by atoms with van der Waals surface area (Å²) in [6, 6.07) is 15.0. The number of aryl methyl sites for hydroxylation is 1. The summed E-state index contributed by atoms with van der Waals surface area (Å²) in [6.45, 7) is 2.60. The Kier molecular flexibility index (Phi) is 5.59. The molecule has 152 valence electrons. The Hall–Kier alpha value is -2.78. The molecule has 3 aromatic rings. The Bertz CT molecular complexity index is 1080. The fourth-order valence-electron chi connectivity index (χ4n) is 3.63. The number of anilines is 1. The highest BCUT2D eigenvalue weighted by Crippen LogP contribution is 2.30. The Balaban J connectivity index is 1.24. The number of nitrogens with two attached hydrogens (primary N) is 1. The molecule has 29 heavy (non-hydrogen) atoms. The molecule has 1 aliphatic heterocycles. The molecule has 0 unspecified atom stereocenters. The number of primary sulfonamides is 1. The lowest BCUT2D eigenvalue weighted by atomic mass is 10.2. The zero-order valence-corrected chi connectivity index (χ0v) is 16.9. The molecule has 2 heterocycles. The van der Waals surface area contributed by atoms with Crippen LogP contribution in [-0.4, -0.2) is 41.7 Å². The van der Waals surface area contributed by atoms with Gasteiger partial charge in [0.05, 0.1) is 11.4 Å². The van der Waals surface area contributed by atoms with E-state index in [1.807, 2.05) is 36.4 Å². The van der Waals surface area contributed by atoms with E-state index in [4.69, 9.17) is 5.14 Å². The number of nitrogens with zero attached hydrogens (tertiary/aromatic N) is 5. The molecule has 9 heteroatoms. The molecule has 2 aromatic carbocycles. The largest absolute Gasteiger partial charge is 0.371 e. The summed E-state index contributed by atoms with van der Waals surface area (Å²) in [5, 5.41) is 17.9. The van der Waals surface area contributed by atoms with Gasteiger partial charge in [-0.05, 0) is 54.7 Å². The highest BCUT2D eigenvalue weighted by Gasteiger charge is 2.20. The van der Waals surface area contributed by atoms with Crippen molar-refractivity contribution in [3.63, 3.8) is 0 Å². The van der Waals surface area contributed by atoms with Crippen molar-refractivity contribution in [3.8, 4) is 11.4 Å². The van der Waals surface area contributed by atoms with Crippen LogP contribution in [0.3, 0.4) is 0 Å². The highest BCUT2D eigenvalue weighted by atomic mass is 32.2. The number of tetrazole rings is 1. The maximum Gasteiger partial charge on any atom is 0.238 e. The third-order valence-corrected chi connectivity index (χ3v) is 6.05. The van der Waals surface area contributed by atoms with Crippen LogP contribution in [0.1, 0.15) is 24.8 Å². The van der Waals surface area contributed by atoms with Crippen LogP contribution in [0.5, 0.6) is 0 Å². The average molecular weight is 413 g/mol. The van der Waals surface area contributed by atoms with Crippen LogP contribution in [0, 0.1) is 0 Å². The Morgan fingerprint density at radius 3 is 2.59 bits per heavy atom. The molecule has 4 rings (SSSR count). The van der Waals surface area contributed by atoms with Gasteiger partial charge >= 0.3 is 0 Å². The summed E-state index contributed by atoms with van der Waals surface area (Å²) in [6.07, 6.45) is 3.94. The van der Waals surface area contributed by atoms with Crippen LogP contribution >= 0.6 is 0 Å². The van der Waals surface area contributed by atoms with E-state index in [1.54, 1.807) is 16.9 Å². The lowest BCUT2D eigenvalue weighted by molar-refractivity contribution is 0.481. The second-order valence-electron chi connectivity index (χ2n) is 7.21. The maximum absolute atomic E-state index is 11.5. The molecule has 2 N–H and O–H groups in total. The molecule has 0 radical (unpaired) electrons. The van der Waals surface area contributed by atoms with Crippen LogP contribution in [0.15, 0.2) is 53.4 Å². The molecule has 0 aliphatic carbocycles. The second kappa shape index (κ2) is 8.30. The third kappa shape index (κ3) is 4.63. The van der Waals surface area contributed by atoms with Crippen molar-refractivity contribution in [3.05, 3.63) is 54.1 Å². The van der Waals surface area contributed by atoms with E-state index in [1.165, 1.54) is 0 Å². The van der Waals surface area contributed by atoms with E-state index in [2.05, 4.69) is 20.3 Å². The van der Waals surface area contributed by atoms with E-state index in [9.17, 15) is 8.42 Å². The first kappa shape index (κ1) is 19.5. The van der Waals surface area contributed by atoms with Gasteiger partial charge in [0.15, 0.2) is 0 Å². The van der Waals surface area contributed by atoms with Crippen molar-refractivity contribution >= 4 is 15.7 Å². The summed E-state index contributed by atoms with van der Waals surface area (Å²) in [5.74, 6) is 0.651. The minimum Gasteiger partial charge on any atom is -0.371 e. The topological polar surface area (TPSA) is 107 Å². The highest BCUT2D eigenvalue weighted by molar-refractivity contribution is 7.89. The van der Waals surface area contributed by atoms with Crippen LogP contribution in [-0.2, 0) is 23.0 Å². The van der Waals surface area contributed by atoms with Crippen molar-refractivity contribution in [2.45, 2.75) is 37.1 Å². The van der Waals surface area contributed by atoms with Crippen LogP contribution in [0.2, 0.25) is 0 Å². The molecule has 1 aromatic heterocycles. The summed E-state index contributed by atoms with van der Waals surface area (Å²) >= 11 is 0. The van der Waals surface area contributed by atoms with Gasteiger partial charge in [-0.2, -0.15) is 4.80 Å². The van der Waals surface area contributed by atoms with Gasteiger partial charge in [0.2, 0.25) is 15.8 Å². The normalized spacial score (nSPS) is 13.6. The third-order valence-electron chi connectivity index (χ3n) is 5.14. The van der Waals surface area contributed by atoms with Gasteiger partial charge in [-0.1, -0.05) is 30.3 Å². The van der Waals surface area contributed by atoms with E-state index < -0.39 is 10.0 Å². The predicted octanol–water partition coefficient (Wildman–Crippen LogP) is 2.22. The SMILES string of the molecule is NS(=O)(=O)c1ccc2c(c1)CCN2CCCCCn1nnc(-c2ccccc2)n1. The zero-order valence-electron chi connectivity index (χ0n) is 16.1. The summed E-state index contributed by atoms with van der Waals surface area (Å²) < 4.78 is 23.0. The van der Waals surface area contributed by atoms with Crippen LogP contribution < -0.4 is 10.0 Å². The standard InChI is InChI=1S/C20H24N6O2S/c21-29(27,28)18-9-10-19-17(15-18)11-14-25(19)12-5-2-6-13-26-23-20(22-24-26)16-7-3-1-4-8-16/h1,3-4,7-10,15H,2,5-6,11-14H2,(H2,21,27,28). The molecule has 0 saturated carbocycles. The average Bonchev–Trinajstić information content (AvgIpc) is 3.35. The quantitative estimate of drug-likeness (QED) is 0.569. The zero-order chi connectivity index (χ0) is 20.3. The molecule has 0 saturated heterocycles. The monoisotopic (exact) mass is 412 g/mol. The molecule has 0 bridgehead atoms. The second-order valence-corrected chi connectivity index (χ2v) is 8.77. The minimum atomic E-state index is -3.65. The lowest BCUT2D eigenvalue weighted by Crippen LogP contribution is -2.21. The van der Waals surface area contributed by atoms with Crippen molar-refractivity contribution in [2.24, 2.45) is 5.14 Å². The first-order valence-corrected chi connectivity index (χ1v) is 11.3. The molecule has 1 aliphatic rings. The van der Waals surface area contributed by atoms with Crippen molar-refractivity contribution in [1.82, 2.24) is 20.2 Å². The maximum atomic E-state index is 11.5. The fourth-order valence-corrected chi connectivity index (χ4v) is 4.19. The number of rotatable bonds is 8. The number of benzene rings is 2. The van der Waals surface area contributed by atoms with Gasteiger partial charge < -0.3 is 4.90 Å². The van der Waals surface area contributed by atoms with Gasteiger partial charge in [-0.25, -0.2) is 13.6 Å². The Labute approximate surface area is 170 Å². The summed E-state index contributed by atoms with van der Waals surface area (Å²) in [5.41, 5.74) is 3.14. The van der Waals surface area contributed by atoms with Gasteiger partial charge in [0.25, 0.3) is 0 Å².